The molecule has 0 fully saturated rings. The number of nitrogens with zero attached hydrogens (tertiary/aromatic N) is 1. The Morgan fingerprint density at radius 1 is 1.18 bits per heavy atom. The number of aromatic nitrogens is 1. The molecule has 0 atom stereocenters. The second-order valence-electron chi connectivity index (χ2n) is 5.03. The number of amides is 1. The lowest BCUT2D eigenvalue weighted by molar-refractivity contribution is 0.102. The Labute approximate surface area is 130 Å². The Morgan fingerprint density at radius 2 is 1.95 bits per heavy atom. The van der Waals surface area contributed by atoms with Crippen molar-refractivity contribution in [1.82, 2.24) is 4.98 Å². The van der Waals surface area contributed by atoms with E-state index in [0.717, 1.165) is 30.0 Å². The average Bonchev–Trinajstić information content (AvgIpc) is 2.54. The molecule has 2 N–H and O–H groups in total. The molecule has 0 bridgehead atoms. The van der Waals surface area contributed by atoms with Gasteiger partial charge in [0.05, 0.1) is 5.56 Å². The molecule has 0 unspecified atom stereocenters. The number of rotatable bonds is 7. The van der Waals surface area contributed by atoms with Crippen molar-refractivity contribution < 1.29 is 9.53 Å². The maximum atomic E-state index is 12.1. The van der Waals surface area contributed by atoms with Gasteiger partial charge >= 0.3 is 0 Å². The van der Waals surface area contributed by atoms with Gasteiger partial charge in [-0.15, -0.1) is 0 Å². The fourth-order valence-corrected chi connectivity index (χ4v) is 1.91. The number of carbonyl (C=O) groups is 1. The van der Waals surface area contributed by atoms with Crippen LogP contribution in [0.2, 0.25) is 0 Å². The number of pyridine rings is 1. The molecule has 22 heavy (non-hydrogen) atoms. The fourth-order valence-electron chi connectivity index (χ4n) is 1.91. The second kappa shape index (κ2) is 8.14. The van der Waals surface area contributed by atoms with E-state index < -0.39 is 0 Å². The first-order valence-electron chi connectivity index (χ1n) is 7.26. The molecule has 5 heteroatoms. The van der Waals surface area contributed by atoms with Crippen LogP contribution in [0.15, 0.2) is 42.6 Å². The van der Waals surface area contributed by atoms with E-state index in [4.69, 9.17) is 4.74 Å². The molecule has 1 aromatic carbocycles. The highest BCUT2D eigenvalue weighted by Crippen LogP contribution is 2.11. The van der Waals surface area contributed by atoms with Crippen LogP contribution in [0.1, 0.15) is 22.3 Å². The van der Waals surface area contributed by atoms with E-state index in [9.17, 15) is 4.79 Å². The zero-order chi connectivity index (χ0) is 15.8. The third kappa shape index (κ3) is 4.86. The minimum Gasteiger partial charge on any atom is -0.385 e. The summed E-state index contributed by atoms with van der Waals surface area (Å²) in [5, 5.41) is 6.03. The average molecular weight is 299 g/mol. The third-order valence-corrected chi connectivity index (χ3v) is 3.17. The number of ether oxygens (including phenoxy) is 1. The van der Waals surface area contributed by atoms with Crippen LogP contribution in [0.3, 0.4) is 0 Å². The molecule has 0 aliphatic carbocycles. The first kappa shape index (κ1) is 16.0. The van der Waals surface area contributed by atoms with E-state index in [2.05, 4.69) is 15.6 Å². The van der Waals surface area contributed by atoms with Gasteiger partial charge in [-0.1, -0.05) is 17.7 Å². The topological polar surface area (TPSA) is 63.2 Å². The number of nitrogens with one attached hydrogen (secondary N) is 2. The summed E-state index contributed by atoms with van der Waals surface area (Å²) in [6.45, 7) is 3.51. The molecule has 1 amide bonds. The maximum Gasteiger partial charge on any atom is 0.257 e. The Bertz CT molecular complexity index is 594. The van der Waals surface area contributed by atoms with E-state index >= 15 is 0 Å². The van der Waals surface area contributed by atoms with Gasteiger partial charge in [-0.2, -0.15) is 0 Å². The molecule has 1 heterocycles. The third-order valence-electron chi connectivity index (χ3n) is 3.17. The smallest absolute Gasteiger partial charge is 0.257 e. The summed E-state index contributed by atoms with van der Waals surface area (Å²) < 4.78 is 4.98. The molecule has 0 aliphatic rings. The number of methoxy groups -OCH3 is 1. The first-order chi connectivity index (χ1) is 10.7. The quantitative estimate of drug-likeness (QED) is 0.771. The highest BCUT2D eigenvalue weighted by Gasteiger charge is 2.06. The summed E-state index contributed by atoms with van der Waals surface area (Å²) in [5.74, 6) is 0.588. The highest BCUT2D eigenvalue weighted by molar-refractivity contribution is 6.04. The summed E-state index contributed by atoms with van der Waals surface area (Å²) >= 11 is 0. The van der Waals surface area contributed by atoms with Crippen LogP contribution >= 0.6 is 0 Å². The molecule has 0 spiro atoms. The predicted octanol–water partition coefficient (Wildman–Crippen LogP) is 3.09. The molecule has 0 aliphatic heterocycles. The Hall–Kier alpha value is -2.40. The van der Waals surface area contributed by atoms with E-state index in [1.807, 2.05) is 31.2 Å². The van der Waals surface area contributed by atoms with E-state index in [-0.39, 0.29) is 5.91 Å². The lowest BCUT2D eigenvalue weighted by atomic mass is 10.2. The minimum atomic E-state index is -0.165. The first-order valence-corrected chi connectivity index (χ1v) is 7.26. The van der Waals surface area contributed by atoms with Crippen molar-refractivity contribution in [1.29, 1.82) is 0 Å². The molecule has 0 radical (unpaired) electrons. The number of aryl methyl sites for hydroxylation is 1. The van der Waals surface area contributed by atoms with Crippen LogP contribution in [0.4, 0.5) is 11.5 Å². The van der Waals surface area contributed by atoms with Gasteiger partial charge < -0.3 is 15.4 Å². The lowest BCUT2D eigenvalue weighted by Crippen LogP contribution is -2.13. The van der Waals surface area contributed by atoms with Crippen molar-refractivity contribution in [3.05, 3.63) is 53.7 Å². The molecule has 116 valence electrons. The van der Waals surface area contributed by atoms with Gasteiger partial charge in [-0.3, -0.25) is 4.79 Å². The van der Waals surface area contributed by atoms with Gasteiger partial charge in [0.1, 0.15) is 5.82 Å². The van der Waals surface area contributed by atoms with Gasteiger partial charge in [-0.25, -0.2) is 4.98 Å². The Morgan fingerprint density at radius 3 is 2.59 bits per heavy atom. The molecular formula is C17H21N3O2. The van der Waals surface area contributed by atoms with Crippen LogP contribution < -0.4 is 10.6 Å². The minimum absolute atomic E-state index is 0.165. The SMILES string of the molecule is COCCCNc1ccc(C(=O)Nc2ccc(C)cc2)cn1. The Kier molecular flexibility index (Phi) is 5.91. The van der Waals surface area contributed by atoms with Gasteiger partial charge in [-0.05, 0) is 37.6 Å². The maximum absolute atomic E-state index is 12.1. The van der Waals surface area contributed by atoms with Gasteiger partial charge in [0, 0.05) is 32.1 Å². The number of anilines is 2. The van der Waals surface area contributed by atoms with Crippen molar-refractivity contribution in [2.45, 2.75) is 13.3 Å². The summed E-state index contributed by atoms with van der Waals surface area (Å²) in [5.41, 5.74) is 2.46. The molecule has 1 aromatic heterocycles. The van der Waals surface area contributed by atoms with Crippen LogP contribution in [-0.4, -0.2) is 31.2 Å². The van der Waals surface area contributed by atoms with Gasteiger partial charge in [0.2, 0.25) is 0 Å². The summed E-state index contributed by atoms with van der Waals surface area (Å²) in [4.78, 5) is 16.4. The van der Waals surface area contributed by atoms with Crippen LogP contribution in [-0.2, 0) is 4.74 Å². The zero-order valence-electron chi connectivity index (χ0n) is 12.9. The predicted molar refractivity (Wildman–Crippen MR) is 88.4 cm³/mol. The van der Waals surface area contributed by atoms with E-state index in [1.54, 1.807) is 25.4 Å². The summed E-state index contributed by atoms with van der Waals surface area (Å²) in [6.07, 6.45) is 2.48. The molecule has 0 saturated heterocycles. The largest absolute Gasteiger partial charge is 0.385 e. The standard InChI is InChI=1S/C17H21N3O2/c1-13-4-7-15(8-5-13)20-17(21)14-6-9-16(19-12-14)18-10-3-11-22-2/h4-9,12H,3,10-11H2,1-2H3,(H,18,19)(H,20,21). The van der Waals surface area contributed by atoms with Crippen molar-refractivity contribution in [3.63, 3.8) is 0 Å². The normalized spacial score (nSPS) is 10.3. The molecular weight excluding hydrogens is 278 g/mol. The molecule has 2 aromatic rings. The number of carbonyl (C=O) groups excluding carboxylic acids is 1. The van der Waals surface area contributed by atoms with Crippen LogP contribution in [0.25, 0.3) is 0 Å². The van der Waals surface area contributed by atoms with Gasteiger partial charge in [0.15, 0.2) is 0 Å². The number of benzene rings is 1. The van der Waals surface area contributed by atoms with Crippen molar-refractivity contribution >= 4 is 17.4 Å². The highest BCUT2D eigenvalue weighted by atomic mass is 16.5. The number of hydrogen-bond donors (Lipinski definition) is 2. The monoisotopic (exact) mass is 299 g/mol. The van der Waals surface area contributed by atoms with Crippen molar-refractivity contribution in [2.24, 2.45) is 0 Å². The zero-order valence-corrected chi connectivity index (χ0v) is 12.9. The van der Waals surface area contributed by atoms with Gasteiger partial charge in [0.25, 0.3) is 5.91 Å². The molecule has 0 saturated carbocycles. The van der Waals surface area contributed by atoms with E-state index in [1.165, 1.54) is 0 Å². The molecule has 2 rings (SSSR count). The molecule has 5 nitrogen and oxygen atoms in total. The van der Waals surface area contributed by atoms with Crippen molar-refractivity contribution in [3.8, 4) is 0 Å². The van der Waals surface area contributed by atoms with Crippen molar-refractivity contribution in [2.75, 3.05) is 30.9 Å². The summed E-state index contributed by atoms with van der Waals surface area (Å²) in [7, 11) is 1.68. The van der Waals surface area contributed by atoms with Crippen LogP contribution in [0.5, 0.6) is 0 Å². The van der Waals surface area contributed by atoms with E-state index in [0.29, 0.717) is 12.2 Å². The lowest BCUT2D eigenvalue weighted by Gasteiger charge is -2.07. The fraction of sp³-hybridized carbons (Fsp3) is 0.294. The second-order valence-corrected chi connectivity index (χ2v) is 5.03. The number of hydrogen-bond acceptors (Lipinski definition) is 4. The van der Waals surface area contributed by atoms with Crippen LogP contribution in [0, 0.1) is 6.92 Å². The summed E-state index contributed by atoms with van der Waals surface area (Å²) in [6, 6.07) is 11.2. The Balaban J connectivity index is 1.89.